The van der Waals surface area contributed by atoms with Crippen LogP contribution in [0.1, 0.15) is 38.3 Å². The number of amides is 1. The van der Waals surface area contributed by atoms with E-state index in [1.54, 1.807) is 29.2 Å². The zero-order valence-corrected chi connectivity index (χ0v) is 27.8. The summed E-state index contributed by atoms with van der Waals surface area (Å²) in [4.78, 5) is 29.0. The van der Waals surface area contributed by atoms with Crippen molar-refractivity contribution < 1.29 is 18.7 Å². The van der Waals surface area contributed by atoms with Gasteiger partial charge in [-0.1, -0.05) is 18.2 Å². The molecule has 1 amide bonds. The Labute approximate surface area is 284 Å². The largest absolute Gasteiger partial charge is 0.457 e. The van der Waals surface area contributed by atoms with Gasteiger partial charge < -0.3 is 20.1 Å². The van der Waals surface area contributed by atoms with Crippen molar-refractivity contribution in [1.82, 2.24) is 34.4 Å². The number of nitrogens with two attached hydrogens (primary N) is 1. The molecular formula is C36H40FN9O3. The summed E-state index contributed by atoms with van der Waals surface area (Å²) >= 11 is 0. The van der Waals surface area contributed by atoms with Crippen molar-refractivity contribution >= 4 is 22.8 Å². The first kappa shape index (κ1) is 32.6. The standard InChI is InChI=1S/C36H40FN9O3/c1-36(2,45-15-13-43(14-16-45)26-21-48-22-26)18-25(19-38)35(47)44-12-6-7-24(20-44)31-32-33(34(39)41-23-40-32)46(42-31)30-11-10-28(17-29(30)37)49-27-8-4-3-5-9-27/h3-5,8-11,17-18,23-24,26H,6-7,12-16,20-22H2,1-2H3,(H2,39,40,41). The molecule has 0 aliphatic carbocycles. The molecule has 3 saturated heterocycles. The van der Waals surface area contributed by atoms with Gasteiger partial charge in [-0.05, 0) is 57.0 Å². The van der Waals surface area contributed by atoms with Crippen LogP contribution in [0.5, 0.6) is 11.5 Å². The molecule has 0 spiro atoms. The number of hydrogen-bond acceptors (Lipinski definition) is 10. The number of carbonyl (C=O) groups is 1. The molecule has 2 aromatic carbocycles. The maximum Gasteiger partial charge on any atom is 0.264 e. The number of para-hydroxylation sites is 1. The molecule has 2 N–H and O–H groups in total. The van der Waals surface area contributed by atoms with Crippen LogP contribution < -0.4 is 10.5 Å². The van der Waals surface area contributed by atoms with E-state index in [0.29, 0.717) is 53.8 Å². The van der Waals surface area contributed by atoms with Gasteiger partial charge in [0.15, 0.2) is 11.6 Å². The van der Waals surface area contributed by atoms with Gasteiger partial charge in [-0.3, -0.25) is 14.6 Å². The Morgan fingerprint density at radius 1 is 1.08 bits per heavy atom. The number of piperazine rings is 1. The van der Waals surface area contributed by atoms with E-state index in [1.165, 1.54) is 17.1 Å². The van der Waals surface area contributed by atoms with Gasteiger partial charge in [0.25, 0.3) is 5.91 Å². The number of nitrogen functional groups attached to an aromatic ring is 1. The summed E-state index contributed by atoms with van der Waals surface area (Å²) in [5, 5.41) is 15.0. The maximum absolute atomic E-state index is 15.7. The van der Waals surface area contributed by atoms with Crippen LogP contribution >= 0.6 is 0 Å². The SMILES string of the molecule is CC(C)(C=C(C#N)C(=O)N1CCCC(c2nn(-c3ccc(Oc4ccccc4)cc3F)c3c(N)ncnc23)C1)N1CCN(C2COC2)CC1. The Bertz CT molecular complexity index is 1910. The third-order valence-corrected chi connectivity index (χ3v) is 9.85. The quantitative estimate of drug-likeness (QED) is 0.214. The predicted molar refractivity (Wildman–Crippen MR) is 182 cm³/mol. The second-order valence-electron chi connectivity index (χ2n) is 13.4. The van der Waals surface area contributed by atoms with Crippen LogP contribution in [-0.4, -0.2) is 104 Å². The van der Waals surface area contributed by atoms with Crippen LogP contribution in [0.4, 0.5) is 10.2 Å². The van der Waals surface area contributed by atoms with Crippen LogP contribution in [0.2, 0.25) is 0 Å². The van der Waals surface area contributed by atoms with Crippen LogP contribution in [0, 0.1) is 17.1 Å². The zero-order valence-electron chi connectivity index (χ0n) is 27.8. The van der Waals surface area contributed by atoms with Crippen molar-refractivity contribution in [2.45, 2.75) is 44.2 Å². The molecule has 0 radical (unpaired) electrons. The van der Waals surface area contributed by atoms with Gasteiger partial charge >= 0.3 is 0 Å². The minimum Gasteiger partial charge on any atom is -0.457 e. The lowest BCUT2D eigenvalue weighted by Gasteiger charge is -2.46. The molecule has 5 heterocycles. The molecule has 7 rings (SSSR count). The summed E-state index contributed by atoms with van der Waals surface area (Å²) in [6.07, 6.45) is 4.62. The molecular weight excluding hydrogens is 625 g/mol. The molecule has 4 aromatic rings. The highest BCUT2D eigenvalue weighted by molar-refractivity contribution is 5.97. The van der Waals surface area contributed by atoms with Crippen molar-refractivity contribution in [3.05, 3.63) is 78.0 Å². The topological polar surface area (TPSA) is 139 Å². The molecule has 3 aliphatic heterocycles. The number of carbonyl (C=O) groups excluding carboxylic acids is 1. The number of halogens is 1. The summed E-state index contributed by atoms with van der Waals surface area (Å²) in [6, 6.07) is 16.4. The first-order chi connectivity index (χ1) is 23.7. The van der Waals surface area contributed by atoms with Crippen LogP contribution in [0.3, 0.4) is 0 Å². The molecule has 1 atom stereocenters. The summed E-state index contributed by atoms with van der Waals surface area (Å²) in [5.41, 5.74) is 7.63. The Balaban J connectivity index is 1.11. The van der Waals surface area contributed by atoms with E-state index < -0.39 is 11.4 Å². The fourth-order valence-electron chi connectivity index (χ4n) is 7.03. The number of benzene rings is 2. The Morgan fingerprint density at radius 3 is 2.55 bits per heavy atom. The van der Waals surface area contributed by atoms with Gasteiger partial charge in [0.05, 0.1) is 24.9 Å². The summed E-state index contributed by atoms with van der Waals surface area (Å²) < 4.78 is 28.3. The van der Waals surface area contributed by atoms with E-state index in [9.17, 15) is 10.1 Å². The third kappa shape index (κ3) is 6.59. The lowest BCUT2D eigenvalue weighted by Crippen LogP contribution is -2.59. The van der Waals surface area contributed by atoms with Gasteiger partial charge in [-0.2, -0.15) is 10.4 Å². The highest BCUT2D eigenvalue weighted by Crippen LogP contribution is 2.35. The number of rotatable bonds is 8. The lowest BCUT2D eigenvalue weighted by atomic mass is 9.92. The number of aromatic nitrogens is 4. The molecule has 3 aliphatic rings. The van der Waals surface area contributed by atoms with Gasteiger partial charge in [-0.25, -0.2) is 19.0 Å². The first-order valence-electron chi connectivity index (χ1n) is 16.7. The number of likely N-dealkylation sites (tertiary alicyclic amines) is 1. The molecule has 254 valence electrons. The number of anilines is 1. The number of ether oxygens (including phenoxy) is 2. The Kier molecular flexibility index (Phi) is 9.02. The Morgan fingerprint density at radius 2 is 1.86 bits per heavy atom. The van der Waals surface area contributed by atoms with E-state index in [-0.39, 0.29) is 28.9 Å². The van der Waals surface area contributed by atoms with E-state index in [0.717, 1.165) is 45.8 Å². The molecule has 0 bridgehead atoms. The van der Waals surface area contributed by atoms with Crippen LogP contribution in [0.25, 0.3) is 16.7 Å². The fraction of sp³-hybridized carbons (Fsp3) is 0.417. The summed E-state index contributed by atoms with van der Waals surface area (Å²) in [5.74, 6) is 0.0181. The number of nitrogens with zero attached hydrogens (tertiary/aromatic N) is 8. The van der Waals surface area contributed by atoms with Gasteiger partial charge in [-0.15, -0.1) is 0 Å². The second kappa shape index (κ2) is 13.5. The highest BCUT2D eigenvalue weighted by atomic mass is 19.1. The van der Waals surface area contributed by atoms with E-state index in [2.05, 4.69) is 39.7 Å². The van der Waals surface area contributed by atoms with Crippen molar-refractivity contribution in [3.8, 4) is 23.3 Å². The Hall–Kier alpha value is -4.90. The molecule has 3 fully saturated rings. The first-order valence-corrected chi connectivity index (χ1v) is 16.7. The fourth-order valence-corrected chi connectivity index (χ4v) is 7.03. The third-order valence-electron chi connectivity index (χ3n) is 9.85. The van der Waals surface area contributed by atoms with Crippen molar-refractivity contribution in [2.75, 3.05) is 58.2 Å². The minimum absolute atomic E-state index is 0.127. The van der Waals surface area contributed by atoms with Crippen LogP contribution in [0.15, 0.2) is 66.5 Å². The predicted octanol–water partition coefficient (Wildman–Crippen LogP) is 4.28. The minimum atomic E-state index is -0.557. The maximum atomic E-state index is 15.7. The molecule has 0 saturated carbocycles. The number of piperidine rings is 1. The molecule has 2 aromatic heterocycles. The summed E-state index contributed by atoms with van der Waals surface area (Å²) in [7, 11) is 0. The smallest absolute Gasteiger partial charge is 0.264 e. The molecule has 12 nitrogen and oxygen atoms in total. The highest BCUT2D eigenvalue weighted by Gasteiger charge is 2.36. The van der Waals surface area contributed by atoms with Gasteiger partial charge in [0.2, 0.25) is 0 Å². The number of nitriles is 1. The van der Waals surface area contributed by atoms with Crippen molar-refractivity contribution in [2.24, 2.45) is 0 Å². The normalized spacial score (nSPS) is 19.8. The number of hydrogen-bond donors (Lipinski definition) is 1. The average Bonchev–Trinajstić information content (AvgIpc) is 3.48. The van der Waals surface area contributed by atoms with Crippen LogP contribution in [-0.2, 0) is 9.53 Å². The van der Waals surface area contributed by atoms with Crippen molar-refractivity contribution in [3.63, 3.8) is 0 Å². The number of fused-ring (bicyclic) bond motifs is 1. The summed E-state index contributed by atoms with van der Waals surface area (Å²) in [6.45, 7) is 10.1. The molecule has 1 unspecified atom stereocenters. The monoisotopic (exact) mass is 665 g/mol. The van der Waals surface area contributed by atoms with Gasteiger partial charge in [0, 0.05) is 56.8 Å². The lowest BCUT2D eigenvalue weighted by molar-refractivity contribution is -0.128. The van der Waals surface area contributed by atoms with Crippen molar-refractivity contribution in [1.29, 1.82) is 5.26 Å². The average molecular weight is 666 g/mol. The molecule has 13 heteroatoms. The second-order valence-corrected chi connectivity index (χ2v) is 13.4. The van der Waals surface area contributed by atoms with E-state index in [1.807, 2.05) is 24.3 Å². The van der Waals surface area contributed by atoms with E-state index >= 15 is 4.39 Å². The zero-order chi connectivity index (χ0) is 34.1. The van der Waals surface area contributed by atoms with Gasteiger partial charge in [0.1, 0.15) is 46.2 Å². The van der Waals surface area contributed by atoms with E-state index in [4.69, 9.17) is 20.3 Å². The molecule has 49 heavy (non-hydrogen) atoms.